The standard InChI is InChI=1S/C18H15ClN2O/c19-15-11-16(20-12-15)18(22)21-17(13-7-3-1-4-8-13)14-9-5-2-6-10-14/h1-12,17,20H,(H,21,22). The van der Waals surface area contributed by atoms with E-state index in [1.165, 1.54) is 0 Å². The average molecular weight is 311 g/mol. The maximum Gasteiger partial charge on any atom is 0.268 e. The molecule has 1 amide bonds. The van der Waals surface area contributed by atoms with Crippen LogP contribution in [0, 0.1) is 0 Å². The predicted molar refractivity (Wildman–Crippen MR) is 88.0 cm³/mol. The van der Waals surface area contributed by atoms with Crippen molar-refractivity contribution in [2.24, 2.45) is 0 Å². The minimum absolute atomic E-state index is 0.190. The Hall–Kier alpha value is -2.52. The molecule has 0 fully saturated rings. The third-order valence-corrected chi connectivity index (χ3v) is 3.65. The van der Waals surface area contributed by atoms with Crippen LogP contribution in [0.1, 0.15) is 27.7 Å². The molecule has 0 saturated heterocycles. The van der Waals surface area contributed by atoms with Crippen LogP contribution in [0.2, 0.25) is 5.02 Å². The summed E-state index contributed by atoms with van der Waals surface area (Å²) in [6.45, 7) is 0. The van der Waals surface area contributed by atoms with E-state index >= 15 is 0 Å². The van der Waals surface area contributed by atoms with Gasteiger partial charge in [-0.1, -0.05) is 72.3 Å². The molecule has 0 aliphatic carbocycles. The number of benzene rings is 2. The number of halogens is 1. The molecule has 0 spiro atoms. The third kappa shape index (κ3) is 3.21. The molecule has 0 saturated carbocycles. The van der Waals surface area contributed by atoms with Crippen LogP contribution in [0.15, 0.2) is 72.9 Å². The van der Waals surface area contributed by atoms with E-state index in [0.717, 1.165) is 11.1 Å². The Morgan fingerprint density at radius 3 is 1.95 bits per heavy atom. The Labute approximate surface area is 133 Å². The van der Waals surface area contributed by atoms with E-state index in [2.05, 4.69) is 10.3 Å². The maximum absolute atomic E-state index is 12.4. The fraction of sp³-hybridized carbons (Fsp3) is 0.0556. The van der Waals surface area contributed by atoms with Crippen molar-refractivity contribution in [1.29, 1.82) is 0 Å². The van der Waals surface area contributed by atoms with Gasteiger partial charge in [-0.05, 0) is 17.2 Å². The first kappa shape index (κ1) is 14.4. The zero-order valence-corrected chi connectivity index (χ0v) is 12.5. The van der Waals surface area contributed by atoms with E-state index in [9.17, 15) is 4.79 Å². The van der Waals surface area contributed by atoms with Crippen molar-refractivity contribution < 1.29 is 4.79 Å². The number of carbonyl (C=O) groups excluding carboxylic acids is 1. The number of carbonyl (C=O) groups is 1. The quantitative estimate of drug-likeness (QED) is 0.745. The second-order valence-electron chi connectivity index (χ2n) is 4.96. The Morgan fingerprint density at radius 2 is 1.50 bits per heavy atom. The Bertz CT molecular complexity index is 714. The van der Waals surface area contributed by atoms with E-state index < -0.39 is 0 Å². The van der Waals surface area contributed by atoms with E-state index in [0.29, 0.717) is 10.7 Å². The largest absolute Gasteiger partial charge is 0.356 e. The molecule has 0 unspecified atom stereocenters. The molecule has 0 bridgehead atoms. The zero-order chi connectivity index (χ0) is 15.4. The normalized spacial score (nSPS) is 10.6. The minimum Gasteiger partial charge on any atom is -0.356 e. The second-order valence-corrected chi connectivity index (χ2v) is 5.40. The van der Waals surface area contributed by atoms with Crippen LogP contribution in [-0.4, -0.2) is 10.9 Å². The van der Waals surface area contributed by atoms with E-state index in [1.54, 1.807) is 12.3 Å². The van der Waals surface area contributed by atoms with Crippen LogP contribution in [-0.2, 0) is 0 Å². The van der Waals surface area contributed by atoms with Crippen LogP contribution in [0.3, 0.4) is 0 Å². The van der Waals surface area contributed by atoms with Gasteiger partial charge in [-0.3, -0.25) is 4.79 Å². The fourth-order valence-electron chi connectivity index (χ4n) is 2.36. The van der Waals surface area contributed by atoms with Gasteiger partial charge >= 0.3 is 0 Å². The van der Waals surface area contributed by atoms with Gasteiger partial charge in [0.05, 0.1) is 11.1 Å². The molecule has 3 rings (SSSR count). The number of aromatic amines is 1. The monoisotopic (exact) mass is 310 g/mol. The van der Waals surface area contributed by atoms with Gasteiger partial charge in [-0.25, -0.2) is 0 Å². The Kier molecular flexibility index (Phi) is 4.26. The number of aromatic nitrogens is 1. The molecular weight excluding hydrogens is 296 g/mol. The molecule has 3 aromatic rings. The van der Waals surface area contributed by atoms with Crippen molar-refractivity contribution in [2.45, 2.75) is 6.04 Å². The first-order valence-electron chi connectivity index (χ1n) is 6.99. The summed E-state index contributed by atoms with van der Waals surface area (Å²) in [6.07, 6.45) is 1.59. The van der Waals surface area contributed by atoms with Gasteiger partial charge in [-0.2, -0.15) is 0 Å². The molecule has 4 heteroatoms. The molecule has 110 valence electrons. The number of rotatable bonds is 4. The molecule has 0 aliphatic rings. The highest BCUT2D eigenvalue weighted by molar-refractivity contribution is 6.30. The molecule has 0 radical (unpaired) electrons. The van der Waals surface area contributed by atoms with Crippen LogP contribution in [0.5, 0.6) is 0 Å². The summed E-state index contributed by atoms with van der Waals surface area (Å²) < 4.78 is 0. The van der Waals surface area contributed by atoms with Crippen molar-refractivity contribution in [2.75, 3.05) is 0 Å². The first-order chi connectivity index (χ1) is 10.7. The summed E-state index contributed by atoms with van der Waals surface area (Å²) in [7, 11) is 0. The van der Waals surface area contributed by atoms with Gasteiger partial charge in [0.25, 0.3) is 5.91 Å². The van der Waals surface area contributed by atoms with Crippen LogP contribution in [0.25, 0.3) is 0 Å². The summed E-state index contributed by atoms with van der Waals surface area (Å²) in [6, 6.07) is 21.2. The first-order valence-corrected chi connectivity index (χ1v) is 7.36. The number of hydrogen-bond donors (Lipinski definition) is 2. The third-order valence-electron chi connectivity index (χ3n) is 3.43. The highest BCUT2D eigenvalue weighted by Gasteiger charge is 2.18. The van der Waals surface area contributed by atoms with E-state index in [4.69, 9.17) is 11.6 Å². The lowest BCUT2D eigenvalue weighted by Gasteiger charge is -2.19. The zero-order valence-electron chi connectivity index (χ0n) is 11.8. The smallest absolute Gasteiger partial charge is 0.268 e. The van der Waals surface area contributed by atoms with Crippen molar-refractivity contribution in [3.8, 4) is 0 Å². The average Bonchev–Trinajstić information content (AvgIpc) is 3.01. The van der Waals surface area contributed by atoms with Crippen molar-refractivity contribution in [1.82, 2.24) is 10.3 Å². The Morgan fingerprint density at radius 1 is 0.955 bits per heavy atom. The summed E-state index contributed by atoms with van der Waals surface area (Å²) in [5.74, 6) is -0.190. The number of H-pyrrole nitrogens is 1. The molecular formula is C18H15ClN2O. The predicted octanol–water partition coefficient (Wildman–Crippen LogP) is 4.19. The SMILES string of the molecule is O=C(NC(c1ccccc1)c1ccccc1)c1cc(Cl)c[nH]1. The highest BCUT2D eigenvalue weighted by Crippen LogP contribution is 2.22. The van der Waals surface area contributed by atoms with Gasteiger partial charge in [0.15, 0.2) is 0 Å². The van der Waals surface area contributed by atoms with Crippen molar-refractivity contribution >= 4 is 17.5 Å². The molecule has 22 heavy (non-hydrogen) atoms. The molecule has 1 heterocycles. The molecule has 2 N–H and O–H groups in total. The topological polar surface area (TPSA) is 44.9 Å². The lowest BCUT2D eigenvalue weighted by Crippen LogP contribution is -2.29. The summed E-state index contributed by atoms with van der Waals surface area (Å²) >= 11 is 5.86. The van der Waals surface area contributed by atoms with Crippen LogP contribution >= 0.6 is 11.6 Å². The molecule has 0 atom stereocenters. The van der Waals surface area contributed by atoms with Gasteiger partial charge in [0.1, 0.15) is 5.69 Å². The number of hydrogen-bond acceptors (Lipinski definition) is 1. The van der Waals surface area contributed by atoms with Gasteiger partial charge in [0, 0.05) is 6.20 Å². The van der Waals surface area contributed by atoms with E-state index in [-0.39, 0.29) is 11.9 Å². The molecule has 1 aromatic heterocycles. The van der Waals surface area contributed by atoms with Crippen molar-refractivity contribution in [3.05, 3.63) is 94.8 Å². The Balaban J connectivity index is 1.91. The summed E-state index contributed by atoms with van der Waals surface area (Å²) in [4.78, 5) is 15.3. The van der Waals surface area contributed by atoms with Crippen LogP contribution < -0.4 is 5.32 Å². The second kappa shape index (κ2) is 6.50. The van der Waals surface area contributed by atoms with Crippen LogP contribution in [0.4, 0.5) is 0 Å². The van der Waals surface area contributed by atoms with Crippen molar-refractivity contribution in [3.63, 3.8) is 0 Å². The van der Waals surface area contributed by atoms with Gasteiger partial charge in [0.2, 0.25) is 0 Å². The summed E-state index contributed by atoms with van der Waals surface area (Å²) in [5, 5.41) is 3.57. The van der Waals surface area contributed by atoms with Gasteiger partial charge in [-0.15, -0.1) is 0 Å². The molecule has 0 aliphatic heterocycles. The highest BCUT2D eigenvalue weighted by atomic mass is 35.5. The molecule has 3 nitrogen and oxygen atoms in total. The fourth-order valence-corrected chi connectivity index (χ4v) is 2.52. The number of nitrogens with one attached hydrogen (secondary N) is 2. The lowest BCUT2D eigenvalue weighted by atomic mass is 9.98. The number of amides is 1. The molecule has 2 aromatic carbocycles. The van der Waals surface area contributed by atoms with E-state index in [1.807, 2.05) is 60.7 Å². The lowest BCUT2D eigenvalue weighted by molar-refractivity contribution is 0.0938. The summed E-state index contributed by atoms with van der Waals surface area (Å²) in [5.41, 5.74) is 2.50. The minimum atomic E-state index is -0.211. The van der Waals surface area contributed by atoms with Gasteiger partial charge < -0.3 is 10.3 Å². The maximum atomic E-state index is 12.4.